The van der Waals surface area contributed by atoms with Crippen molar-refractivity contribution >= 4 is 16.9 Å². The molecule has 0 saturated carbocycles. The second-order valence-electron chi connectivity index (χ2n) is 9.96. The van der Waals surface area contributed by atoms with E-state index in [9.17, 15) is 0 Å². The van der Waals surface area contributed by atoms with Gasteiger partial charge in [0.2, 0.25) is 0 Å². The predicted octanol–water partition coefficient (Wildman–Crippen LogP) is 9.23. The maximum Gasteiger partial charge on any atom is -0.412 e. The van der Waals surface area contributed by atoms with E-state index in [0.717, 1.165) is 5.92 Å². The SMILES string of the molecule is CCCCCCCCCCCCCCC(CCCC)C([AsH2])(CCCC)CCCC.O. The second kappa shape index (κ2) is 24.2. The average molecular weight is 489 g/mol. The number of hydrogen-bond donors (Lipinski definition) is 0. The molecule has 184 valence electrons. The maximum atomic E-state index is 2.38. The van der Waals surface area contributed by atoms with Gasteiger partial charge in [-0.25, -0.2) is 0 Å². The van der Waals surface area contributed by atoms with E-state index in [1.54, 1.807) is 0 Å². The minimum absolute atomic E-state index is 0. The Morgan fingerprint density at radius 2 is 0.800 bits per heavy atom. The smallest absolute Gasteiger partial charge is 0.412 e. The van der Waals surface area contributed by atoms with Gasteiger partial charge in [-0.15, -0.1) is 0 Å². The molecule has 0 heterocycles. The van der Waals surface area contributed by atoms with Crippen molar-refractivity contribution in [2.45, 2.75) is 173 Å². The molecule has 0 aliphatic rings. The van der Waals surface area contributed by atoms with E-state index in [4.69, 9.17) is 0 Å². The van der Waals surface area contributed by atoms with Crippen LogP contribution in [0.15, 0.2) is 0 Å². The van der Waals surface area contributed by atoms with Crippen LogP contribution in [0.5, 0.6) is 0 Å². The Balaban J connectivity index is 0. The topological polar surface area (TPSA) is 31.5 Å². The summed E-state index contributed by atoms with van der Waals surface area (Å²) in [7, 11) is 0. The van der Waals surface area contributed by atoms with Crippen LogP contribution >= 0.6 is 0 Å². The average Bonchev–Trinajstić information content (AvgIpc) is 2.73. The van der Waals surface area contributed by atoms with E-state index in [0.29, 0.717) is 4.20 Å². The van der Waals surface area contributed by atoms with Crippen molar-refractivity contribution in [1.29, 1.82) is 0 Å². The Bertz CT molecular complexity index is 310. The molecule has 0 fully saturated rings. The summed E-state index contributed by atoms with van der Waals surface area (Å²) in [5, 5.41) is 0. The van der Waals surface area contributed by atoms with Gasteiger partial charge in [-0.3, -0.25) is 0 Å². The normalized spacial score (nSPS) is 12.7. The van der Waals surface area contributed by atoms with Gasteiger partial charge in [-0.1, -0.05) is 26.2 Å². The Morgan fingerprint density at radius 3 is 1.20 bits per heavy atom. The van der Waals surface area contributed by atoms with Crippen molar-refractivity contribution in [2.24, 2.45) is 5.92 Å². The Labute approximate surface area is 201 Å². The molecule has 0 aliphatic carbocycles. The van der Waals surface area contributed by atoms with E-state index in [1.165, 1.54) is 141 Å². The fourth-order valence-electron chi connectivity index (χ4n) is 4.95. The van der Waals surface area contributed by atoms with Crippen molar-refractivity contribution in [3.05, 3.63) is 0 Å². The second-order valence-corrected chi connectivity index (χ2v) is 12.4. The molecule has 2 atom stereocenters. The third-order valence-electron chi connectivity index (χ3n) is 7.12. The fourth-order valence-corrected chi connectivity index (χ4v) is 6.50. The van der Waals surface area contributed by atoms with Gasteiger partial charge in [-0.2, -0.15) is 0 Å². The largest absolute Gasteiger partial charge is 0.412 e. The molecule has 30 heavy (non-hydrogen) atoms. The van der Waals surface area contributed by atoms with Gasteiger partial charge >= 0.3 is 170 Å². The maximum absolute atomic E-state index is 2.38. The molecule has 2 unspecified atom stereocenters. The third-order valence-corrected chi connectivity index (χ3v) is 9.32. The van der Waals surface area contributed by atoms with E-state index >= 15 is 0 Å². The summed E-state index contributed by atoms with van der Waals surface area (Å²) in [6, 6.07) is 0. The van der Waals surface area contributed by atoms with Crippen LogP contribution in [0.25, 0.3) is 0 Å². The molecular weight excluding hydrogens is 427 g/mol. The Morgan fingerprint density at radius 1 is 0.467 bits per heavy atom. The standard InChI is InChI=1S/C28H59As.H2O/c1-5-9-13-14-15-16-17-18-19-20-21-22-24-27(23-10-6-2)28(29,25-11-7-3)26-12-8-4;/h27H,5-26,29H2,1-4H3;1H2. The van der Waals surface area contributed by atoms with E-state index < -0.39 is 0 Å². The van der Waals surface area contributed by atoms with E-state index in [-0.39, 0.29) is 5.48 Å². The van der Waals surface area contributed by atoms with Crippen LogP contribution in [0.2, 0.25) is 4.20 Å². The van der Waals surface area contributed by atoms with E-state index in [2.05, 4.69) is 44.5 Å². The van der Waals surface area contributed by atoms with Gasteiger partial charge in [-0.05, 0) is 0 Å². The van der Waals surface area contributed by atoms with E-state index in [1.807, 2.05) is 0 Å². The minimum atomic E-state index is 0. The first kappa shape index (κ1) is 32.7. The first-order chi connectivity index (χ1) is 14.1. The Kier molecular flexibility index (Phi) is 26.3. The van der Waals surface area contributed by atoms with Crippen molar-refractivity contribution in [1.82, 2.24) is 0 Å². The third kappa shape index (κ3) is 18.1. The zero-order chi connectivity index (χ0) is 21.6. The molecule has 0 radical (unpaired) electrons. The first-order valence-corrected chi connectivity index (χ1v) is 15.1. The fraction of sp³-hybridized carbons (Fsp3) is 1.00. The van der Waals surface area contributed by atoms with Crippen molar-refractivity contribution in [2.75, 3.05) is 0 Å². The molecule has 0 aliphatic heterocycles. The summed E-state index contributed by atoms with van der Waals surface area (Å²) < 4.78 is 0.673. The molecule has 0 aromatic carbocycles. The van der Waals surface area contributed by atoms with Gasteiger partial charge in [0, 0.05) is 0 Å². The molecule has 0 saturated heterocycles. The van der Waals surface area contributed by atoms with Crippen molar-refractivity contribution in [3.8, 4) is 0 Å². The summed E-state index contributed by atoms with van der Waals surface area (Å²) in [6.45, 7) is 9.43. The quantitative estimate of drug-likeness (QED) is 0.101. The zero-order valence-electron chi connectivity index (χ0n) is 21.7. The summed E-state index contributed by atoms with van der Waals surface area (Å²) in [5.74, 6) is 1.00. The molecule has 0 aromatic rings. The monoisotopic (exact) mass is 488 g/mol. The van der Waals surface area contributed by atoms with Crippen LogP contribution in [0.3, 0.4) is 0 Å². The molecule has 0 spiro atoms. The van der Waals surface area contributed by atoms with Crippen LogP contribution in [0, 0.1) is 5.92 Å². The van der Waals surface area contributed by atoms with Crippen LogP contribution in [0.4, 0.5) is 0 Å². The minimum Gasteiger partial charge on any atom is -0.412 e. The van der Waals surface area contributed by atoms with Gasteiger partial charge in [0.1, 0.15) is 0 Å². The summed E-state index contributed by atoms with van der Waals surface area (Å²) >= 11 is 2.10. The molecule has 0 rings (SSSR count). The van der Waals surface area contributed by atoms with Crippen LogP contribution in [-0.2, 0) is 0 Å². The molecule has 0 bridgehead atoms. The summed E-state index contributed by atoms with van der Waals surface area (Å²) in [6.07, 6.45) is 32.1. The Hall–Kier alpha value is 0.518. The molecular formula is C28H61AsO. The summed E-state index contributed by atoms with van der Waals surface area (Å²) in [4.78, 5) is 0. The number of unbranched alkanes of at least 4 members (excludes halogenated alkanes) is 14. The number of rotatable bonds is 23. The molecule has 2 N–H and O–H groups in total. The van der Waals surface area contributed by atoms with Crippen molar-refractivity contribution in [3.63, 3.8) is 0 Å². The molecule has 1 nitrogen and oxygen atoms in total. The van der Waals surface area contributed by atoms with Gasteiger partial charge in [0.25, 0.3) is 0 Å². The zero-order valence-corrected chi connectivity index (χ0v) is 24.1. The number of hydrogen-bond acceptors (Lipinski definition) is 0. The molecule has 0 aromatic heterocycles. The predicted molar refractivity (Wildman–Crippen MR) is 143 cm³/mol. The van der Waals surface area contributed by atoms with Crippen LogP contribution < -0.4 is 0 Å². The molecule has 2 heteroatoms. The van der Waals surface area contributed by atoms with Gasteiger partial charge < -0.3 is 5.48 Å². The van der Waals surface area contributed by atoms with Crippen LogP contribution in [-0.4, -0.2) is 22.3 Å². The van der Waals surface area contributed by atoms with Gasteiger partial charge in [0.05, 0.1) is 0 Å². The van der Waals surface area contributed by atoms with Gasteiger partial charge in [0.15, 0.2) is 0 Å². The van der Waals surface area contributed by atoms with Crippen LogP contribution in [0.1, 0.15) is 169 Å². The first-order valence-electron chi connectivity index (χ1n) is 13.9. The summed E-state index contributed by atoms with van der Waals surface area (Å²) in [5.41, 5.74) is 0. The molecule has 0 amide bonds. The van der Waals surface area contributed by atoms with Crippen molar-refractivity contribution < 1.29 is 5.48 Å².